The van der Waals surface area contributed by atoms with E-state index in [1.54, 1.807) is 6.20 Å². The number of nitrogens with zero attached hydrogens (tertiary/aromatic N) is 2. The van der Waals surface area contributed by atoms with Crippen molar-refractivity contribution in [1.82, 2.24) is 9.97 Å². The molecule has 1 amide bonds. The number of carbonyl (C=O) groups is 1. The summed E-state index contributed by atoms with van der Waals surface area (Å²) in [6.07, 6.45) is 11.3. The van der Waals surface area contributed by atoms with Gasteiger partial charge < -0.3 is 10.6 Å². The van der Waals surface area contributed by atoms with E-state index in [1.807, 2.05) is 24.7 Å². The van der Waals surface area contributed by atoms with E-state index >= 15 is 0 Å². The van der Waals surface area contributed by atoms with Crippen LogP contribution in [0.5, 0.6) is 0 Å². The first-order valence-corrected chi connectivity index (χ1v) is 11.2. The van der Waals surface area contributed by atoms with E-state index in [2.05, 4.69) is 61.3 Å². The van der Waals surface area contributed by atoms with Crippen molar-refractivity contribution in [1.29, 1.82) is 0 Å². The zero-order valence-corrected chi connectivity index (χ0v) is 19.4. The number of amides is 1. The predicted molar refractivity (Wildman–Crippen MR) is 130 cm³/mol. The predicted octanol–water partition coefficient (Wildman–Crippen LogP) is 6.71. The Morgan fingerprint density at radius 3 is 2.20 bits per heavy atom. The fraction of sp³-hybridized carbons (Fsp3) is 0.560. The van der Waals surface area contributed by atoms with Crippen molar-refractivity contribution in [3.63, 3.8) is 0 Å². The van der Waals surface area contributed by atoms with Crippen LogP contribution in [-0.4, -0.2) is 22.4 Å². The number of hydrogen-bond acceptors (Lipinski definition) is 4. The molecule has 3 rings (SSSR count). The monoisotopic (exact) mass is 414 g/mol. The minimum Gasteiger partial charge on any atom is -0.384 e. The molecule has 168 valence electrons. The van der Waals surface area contributed by atoms with Crippen LogP contribution < -0.4 is 10.6 Å². The van der Waals surface area contributed by atoms with Gasteiger partial charge in [-0.15, -0.1) is 0 Å². The summed E-state index contributed by atoms with van der Waals surface area (Å²) in [4.78, 5) is 19.2. The minimum atomic E-state index is -0.0619. The zero-order valence-electron chi connectivity index (χ0n) is 19.4. The van der Waals surface area contributed by atoms with E-state index in [0.29, 0.717) is 17.8 Å². The van der Waals surface area contributed by atoms with Gasteiger partial charge >= 0.3 is 0 Å². The van der Waals surface area contributed by atoms with Crippen molar-refractivity contribution in [2.45, 2.75) is 72.6 Å². The number of nitrogens with one attached hydrogen (secondary N) is 2. The Hall–Kier alpha value is -2.43. The molecule has 1 saturated carbocycles. The molecule has 0 aliphatic heterocycles. The molecule has 30 heavy (non-hydrogen) atoms. The van der Waals surface area contributed by atoms with Crippen LogP contribution in [0.1, 0.15) is 86.6 Å². The van der Waals surface area contributed by atoms with Gasteiger partial charge in [0.15, 0.2) is 0 Å². The lowest BCUT2D eigenvalue weighted by Crippen LogP contribution is -2.06. The maximum Gasteiger partial charge on any atom is 0.221 e. The third-order valence-electron chi connectivity index (χ3n) is 5.84. The van der Waals surface area contributed by atoms with E-state index in [-0.39, 0.29) is 8.76 Å². The molecule has 0 aromatic carbocycles. The molecule has 1 aliphatic carbocycles. The van der Waals surface area contributed by atoms with Crippen molar-refractivity contribution in [2.24, 2.45) is 11.8 Å². The third kappa shape index (κ3) is 8.13. The quantitative estimate of drug-likeness (QED) is 0.504. The van der Waals surface area contributed by atoms with Gasteiger partial charge in [0.25, 0.3) is 0 Å². The van der Waals surface area contributed by atoms with Crippen LogP contribution in [0, 0.1) is 11.8 Å². The Kier molecular flexibility index (Phi) is 9.28. The molecular weight excluding hydrogens is 372 g/mol. The van der Waals surface area contributed by atoms with Crippen LogP contribution in [0.25, 0.3) is 0 Å². The van der Waals surface area contributed by atoms with Gasteiger partial charge in [-0.25, -0.2) is 0 Å². The Morgan fingerprint density at radius 2 is 1.63 bits per heavy atom. The fourth-order valence-electron chi connectivity index (χ4n) is 3.01. The number of carbonyl (C=O) groups excluding carboxylic acids is 1. The standard InChI is InChI=1S/C14H22N2.C11H16N2O.2H2/c1-10(2)11(3)13-6-14(9-15-8-13)16-7-12-4-5-12;1-4-8(2)10-5-11(7-12-6-10)13-9(3)14;;/h6,8-12,16H,4-5,7H2,1-3H3;5-8H,4H2,1-3H3,(H,13,14);2*1H. The second-order valence-electron chi connectivity index (χ2n) is 8.86. The van der Waals surface area contributed by atoms with E-state index < -0.39 is 0 Å². The van der Waals surface area contributed by atoms with Gasteiger partial charge in [-0.1, -0.05) is 34.6 Å². The summed E-state index contributed by atoms with van der Waals surface area (Å²) in [5, 5.41) is 6.20. The van der Waals surface area contributed by atoms with Crippen LogP contribution >= 0.6 is 0 Å². The second-order valence-corrected chi connectivity index (χ2v) is 8.86. The molecule has 0 saturated heterocycles. The molecule has 2 aromatic rings. The number of anilines is 2. The van der Waals surface area contributed by atoms with Crippen molar-refractivity contribution in [2.75, 3.05) is 17.2 Å². The van der Waals surface area contributed by atoms with Crippen molar-refractivity contribution in [3.05, 3.63) is 48.0 Å². The average Bonchev–Trinajstić information content (AvgIpc) is 3.56. The van der Waals surface area contributed by atoms with Gasteiger partial charge in [0, 0.05) is 34.9 Å². The molecule has 1 aliphatic rings. The molecule has 2 aromatic heterocycles. The number of rotatable bonds is 8. The molecule has 5 heteroatoms. The largest absolute Gasteiger partial charge is 0.384 e. The number of pyridine rings is 2. The number of hydrogen-bond donors (Lipinski definition) is 2. The Labute approximate surface area is 185 Å². The van der Waals surface area contributed by atoms with Crippen LogP contribution in [0.2, 0.25) is 0 Å². The van der Waals surface area contributed by atoms with Gasteiger partial charge in [0.1, 0.15) is 0 Å². The molecular formula is C25H42N4O. The van der Waals surface area contributed by atoms with Gasteiger partial charge in [0.05, 0.1) is 17.6 Å². The molecule has 2 N–H and O–H groups in total. The Bertz CT molecular complexity index is 812. The summed E-state index contributed by atoms with van der Waals surface area (Å²) >= 11 is 0. The highest BCUT2D eigenvalue weighted by molar-refractivity contribution is 5.88. The molecule has 2 unspecified atom stereocenters. The Balaban J connectivity index is 0.000000570. The smallest absolute Gasteiger partial charge is 0.221 e. The zero-order chi connectivity index (χ0) is 22.1. The van der Waals surface area contributed by atoms with Crippen molar-refractivity contribution < 1.29 is 7.65 Å². The van der Waals surface area contributed by atoms with Crippen LogP contribution in [-0.2, 0) is 4.79 Å². The van der Waals surface area contributed by atoms with Gasteiger partial charge in [-0.2, -0.15) is 0 Å². The highest BCUT2D eigenvalue weighted by Crippen LogP contribution is 2.29. The van der Waals surface area contributed by atoms with Gasteiger partial charge in [-0.05, 0) is 66.2 Å². The van der Waals surface area contributed by atoms with Crippen molar-refractivity contribution in [3.8, 4) is 0 Å². The summed E-state index contributed by atoms with van der Waals surface area (Å²) in [5.41, 5.74) is 4.46. The molecule has 1 fully saturated rings. The summed E-state index contributed by atoms with van der Waals surface area (Å²) in [5.74, 6) is 2.58. The van der Waals surface area contributed by atoms with E-state index in [4.69, 9.17) is 0 Å². The maximum absolute atomic E-state index is 10.8. The molecule has 2 heterocycles. The summed E-state index contributed by atoms with van der Waals surface area (Å²) < 4.78 is 0. The van der Waals surface area contributed by atoms with Crippen LogP contribution in [0.15, 0.2) is 36.9 Å². The average molecular weight is 415 g/mol. The van der Waals surface area contributed by atoms with E-state index in [9.17, 15) is 4.79 Å². The van der Waals surface area contributed by atoms with E-state index in [0.717, 1.165) is 24.6 Å². The molecule has 5 nitrogen and oxygen atoms in total. The maximum atomic E-state index is 10.8. The van der Waals surface area contributed by atoms with E-state index in [1.165, 1.54) is 36.6 Å². The summed E-state index contributed by atoms with van der Waals surface area (Å²) in [6, 6.07) is 4.22. The minimum absolute atomic E-state index is 0. The summed E-state index contributed by atoms with van der Waals surface area (Å²) in [6.45, 7) is 13.7. The molecule has 0 bridgehead atoms. The summed E-state index contributed by atoms with van der Waals surface area (Å²) in [7, 11) is 0. The first kappa shape index (κ1) is 23.8. The number of aromatic nitrogens is 2. The lowest BCUT2D eigenvalue weighted by Gasteiger charge is -2.16. The first-order chi connectivity index (χ1) is 14.3. The molecule has 0 spiro atoms. The SMILES string of the molecule is CC(C)C(C)c1cncc(NCC2CC2)c1.CCC(C)c1cncc(NC(C)=O)c1.[HH].[HH]. The first-order valence-electron chi connectivity index (χ1n) is 11.2. The van der Waals surface area contributed by atoms with Gasteiger partial charge in [-0.3, -0.25) is 14.8 Å². The second kappa shape index (κ2) is 11.7. The fourth-order valence-corrected chi connectivity index (χ4v) is 3.01. The Morgan fingerprint density at radius 1 is 1.03 bits per heavy atom. The normalized spacial score (nSPS) is 15.0. The van der Waals surface area contributed by atoms with Crippen molar-refractivity contribution >= 4 is 17.3 Å². The third-order valence-corrected chi connectivity index (χ3v) is 5.84. The highest BCUT2D eigenvalue weighted by Gasteiger charge is 2.20. The highest BCUT2D eigenvalue weighted by atomic mass is 16.1. The lowest BCUT2D eigenvalue weighted by molar-refractivity contribution is -0.114. The lowest BCUT2D eigenvalue weighted by atomic mass is 9.91. The molecule has 0 radical (unpaired) electrons. The van der Waals surface area contributed by atoms with Crippen LogP contribution in [0.4, 0.5) is 11.4 Å². The van der Waals surface area contributed by atoms with Gasteiger partial charge in [0.2, 0.25) is 5.91 Å². The van der Waals surface area contributed by atoms with Crippen LogP contribution in [0.3, 0.4) is 0 Å². The topological polar surface area (TPSA) is 66.9 Å². The molecule has 2 atom stereocenters.